The van der Waals surface area contributed by atoms with E-state index in [-0.39, 0.29) is 35.5 Å². The van der Waals surface area contributed by atoms with E-state index in [1.54, 1.807) is 18.2 Å². The number of carbonyl (C=O) groups is 1. The van der Waals surface area contributed by atoms with Crippen LogP contribution in [0.4, 0.5) is 13.2 Å². The smallest absolute Gasteiger partial charge is 0.418 e. The van der Waals surface area contributed by atoms with Gasteiger partial charge in [-0.25, -0.2) is 9.99 Å². The summed E-state index contributed by atoms with van der Waals surface area (Å²) >= 11 is 0. The van der Waals surface area contributed by atoms with Crippen LogP contribution in [-0.4, -0.2) is 71.1 Å². The predicted molar refractivity (Wildman–Crippen MR) is 161 cm³/mol. The van der Waals surface area contributed by atoms with Crippen molar-refractivity contribution in [3.8, 4) is 23.1 Å². The van der Waals surface area contributed by atoms with Crippen molar-refractivity contribution in [3.63, 3.8) is 0 Å². The molecule has 10 nitrogen and oxygen atoms in total. The molecule has 1 aromatic heterocycles. The minimum absolute atomic E-state index is 0.0129. The Morgan fingerprint density at radius 3 is 2.40 bits per heavy atom. The minimum Gasteiger partial charge on any atom is -0.494 e. The zero-order chi connectivity index (χ0) is 31.6. The Hall–Kier alpha value is -4.88. The van der Waals surface area contributed by atoms with Gasteiger partial charge in [-0.2, -0.15) is 18.3 Å². The maximum absolute atomic E-state index is 13.8. The van der Waals surface area contributed by atoms with Crippen molar-refractivity contribution in [1.29, 1.82) is 0 Å². The third kappa shape index (κ3) is 6.49. The monoisotopic (exact) mass is 621 g/mol. The number of fused-ring (bicyclic) bond motifs is 2. The molecular weight excluding hydrogens is 591 g/mol. The van der Waals surface area contributed by atoms with E-state index in [0.29, 0.717) is 11.1 Å². The summed E-state index contributed by atoms with van der Waals surface area (Å²) in [6.07, 6.45) is -3.46. The summed E-state index contributed by atoms with van der Waals surface area (Å²) in [4.78, 5) is 30.4. The normalized spacial score (nSPS) is 15.6. The number of piperazine rings is 1. The number of alkyl halides is 3. The largest absolute Gasteiger partial charge is 0.494 e. The Bertz CT molecular complexity index is 1820. The molecule has 1 fully saturated rings. The minimum atomic E-state index is -4.77. The van der Waals surface area contributed by atoms with E-state index in [9.17, 15) is 27.9 Å². The van der Waals surface area contributed by atoms with Gasteiger partial charge in [-0.05, 0) is 35.9 Å². The average Bonchev–Trinajstić information content (AvgIpc) is 3.50. The molecular formula is C32H30F3N5O5. The van der Waals surface area contributed by atoms with Crippen molar-refractivity contribution < 1.29 is 32.5 Å². The number of benzene rings is 3. The van der Waals surface area contributed by atoms with Crippen LogP contribution < -0.4 is 20.5 Å². The number of halogens is 3. The van der Waals surface area contributed by atoms with Crippen molar-refractivity contribution in [2.45, 2.75) is 19.1 Å². The highest BCUT2D eigenvalue weighted by Crippen LogP contribution is 2.36. The number of hydrazone groups is 1. The van der Waals surface area contributed by atoms with Crippen LogP contribution in [-0.2, 0) is 17.5 Å². The Labute approximate surface area is 255 Å². The summed E-state index contributed by atoms with van der Waals surface area (Å²) in [5, 5.41) is 15.4. The predicted octanol–water partition coefficient (Wildman–Crippen LogP) is 4.10. The van der Waals surface area contributed by atoms with Gasteiger partial charge in [-0.1, -0.05) is 36.4 Å². The second-order valence-electron chi connectivity index (χ2n) is 10.8. The third-order valence-corrected chi connectivity index (χ3v) is 7.90. The summed E-state index contributed by atoms with van der Waals surface area (Å²) in [6, 6.07) is 16.6. The Kier molecular flexibility index (Phi) is 8.46. The van der Waals surface area contributed by atoms with E-state index in [1.807, 2.05) is 18.2 Å². The molecule has 0 unspecified atom stereocenters. The lowest BCUT2D eigenvalue weighted by Crippen LogP contribution is -2.46. The van der Waals surface area contributed by atoms with E-state index in [4.69, 9.17) is 9.47 Å². The first kappa shape index (κ1) is 30.2. The first-order valence-corrected chi connectivity index (χ1v) is 14.4. The van der Waals surface area contributed by atoms with Gasteiger partial charge in [0.15, 0.2) is 11.5 Å². The number of nitrogens with one attached hydrogen (secondary N) is 1. The van der Waals surface area contributed by atoms with Crippen LogP contribution in [0.15, 0.2) is 76.6 Å². The fourth-order valence-electron chi connectivity index (χ4n) is 5.57. The van der Waals surface area contributed by atoms with Crippen LogP contribution >= 0.6 is 0 Å². The quantitative estimate of drug-likeness (QED) is 0.225. The molecule has 3 aromatic carbocycles. The van der Waals surface area contributed by atoms with Crippen molar-refractivity contribution in [1.82, 2.24) is 19.8 Å². The van der Waals surface area contributed by atoms with Crippen LogP contribution in [0.25, 0.3) is 16.5 Å². The van der Waals surface area contributed by atoms with E-state index >= 15 is 0 Å². The van der Waals surface area contributed by atoms with E-state index in [2.05, 4.69) is 20.3 Å². The highest BCUT2D eigenvalue weighted by atomic mass is 19.4. The molecule has 2 aliphatic heterocycles. The molecule has 1 saturated heterocycles. The third-order valence-electron chi connectivity index (χ3n) is 7.90. The van der Waals surface area contributed by atoms with Gasteiger partial charge in [0.05, 0.1) is 23.0 Å². The van der Waals surface area contributed by atoms with Crippen molar-refractivity contribution in [2.24, 2.45) is 5.10 Å². The van der Waals surface area contributed by atoms with E-state index in [1.165, 1.54) is 18.2 Å². The number of para-hydroxylation sites is 1. The number of hydrogen-bond donors (Lipinski definition) is 2. The number of aromatic nitrogens is 1. The molecule has 13 heteroatoms. The molecule has 6 rings (SSSR count). The molecule has 2 aliphatic rings. The Balaban J connectivity index is 1.09. The lowest BCUT2D eigenvalue weighted by molar-refractivity contribution is -0.137. The summed E-state index contributed by atoms with van der Waals surface area (Å²) < 4.78 is 52.8. The summed E-state index contributed by atoms with van der Waals surface area (Å²) in [5.41, 5.74) is 1.13. The number of rotatable bonds is 8. The van der Waals surface area contributed by atoms with Crippen LogP contribution in [0.5, 0.6) is 17.4 Å². The second kappa shape index (κ2) is 12.6. The number of aromatic hydroxyl groups is 1. The van der Waals surface area contributed by atoms with Crippen LogP contribution in [0.1, 0.15) is 23.1 Å². The zero-order valence-corrected chi connectivity index (χ0v) is 24.1. The molecule has 0 spiro atoms. The van der Waals surface area contributed by atoms with Crippen LogP contribution in [0.3, 0.4) is 0 Å². The lowest BCUT2D eigenvalue weighted by Gasteiger charge is -2.34. The van der Waals surface area contributed by atoms with Crippen molar-refractivity contribution in [2.75, 3.05) is 39.5 Å². The van der Waals surface area contributed by atoms with E-state index in [0.717, 1.165) is 68.1 Å². The SMILES string of the molecule is O=C(CCN1CCN(Cc2ccc3c(c2)OCO3)CC1)N/N=C/c1c(O)n(-c2ccccc2C(F)(F)F)c(=O)c2ccccc12. The summed E-state index contributed by atoms with van der Waals surface area (Å²) in [6.45, 7) is 4.82. The number of carbonyl (C=O) groups excluding carboxylic acids is 1. The Morgan fingerprint density at radius 2 is 1.62 bits per heavy atom. The zero-order valence-electron chi connectivity index (χ0n) is 24.1. The summed E-state index contributed by atoms with van der Waals surface area (Å²) in [7, 11) is 0. The van der Waals surface area contributed by atoms with Gasteiger partial charge in [0, 0.05) is 56.5 Å². The number of pyridine rings is 1. The lowest BCUT2D eigenvalue weighted by atomic mass is 10.1. The first-order chi connectivity index (χ1) is 21.7. The van der Waals surface area contributed by atoms with Gasteiger partial charge in [0.2, 0.25) is 18.6 Å². The maximum Gasteiger partial charge on any atom is 0.418 e. The maximum atomic E-state index is 13.8. The van der Waals surface area contributed by atoms with Gasteiger partial charge >= 0.3 is 6.18 Å². The topological polar surface area (TPSA) is 109 Å². The molecule has 0 aliphatic carbocycles. The highest BCUT2D eigenvalue weighted by molar-refractivity contribution is 6.02. The molecule has 2 N–H and O–H groups in total. The molecule has 1 amide bonds. The van der Waals surface area contributed by atoms with Crippen LogP contribution in [0.2, 0.25) is 0 Å². The first-order valence-electron chi connectivity index (χ1n) is 14.4. The van der Waals surface area contributed by atoms with Crippen molar-refractivity contribution >= 4 is 22.9 Å². The second-order valence-corrected chi connectivity index (χ2v) is 10.8. The van der Waals surface area contributed by atoms with E-state index < -0.39 is 28.9 Å². The number of amides is 1. The highest BCUT2D eigenvalue weighted by Gasteiger charge is 2.35. The molecule has 0 bridgehead atoms. The van der Waals surface area contributed by atoms with Crippen LogP contribution in [0, 0.1) is 0 Å². The van der Waals surface area contributed by atoms with Gasteiger partial charge < -0.3 is 19.5 Å². The standard InChI is InChI=1S/C32H30F3N5O5/c33-32(34,35)25-7-3-4-8-26(25)40-30(42)23-6-2-1-5-22(23)24(31(40)43)18-36-37-29(41)11-12-38-13-15-39(16-14-38)19-21-9-10-27-28(17-21)45-20-44-27/h1-10,17-18,43H,11-16,19-20H2,(H,37,41)/b36-18+. The number of nitrogens with zero attached hydrogens (tertiary/aromatic N) is 4. The number of hydrogen-bond acceptors (Lipinski definition) is 8. The molecule has 4 aromatic rings. The summed E-state index contributed by atoms with van der Waals surface area (Å²) in [5.74, 6) is 0.421. The molecule has 3 heterocycles. The molecule has 0 saturated carbocycles. The van der Waals surface area contributed by atoms with Gasteiger partial charge in [-0.3, -0.25) is 14.5 Å². The number of ether oxygens (including phenoxy) is 2. The average molecular weight is 622 g/mol. The fraction of sp³-hybridized carbons (Fsp3) is 0.281. The molecule has 0 radical (unpaired) electrons. The van der Waals surface area contributed by atoms with Gasteiger partial charge in [0.1, 0.15) is 0 Å². The molecule has 0 atom stereocenters. The Morgan fingerprint density at radius 1 is 0.933 bits per heavy atom. The molecule has 234 valence electrons. The van der Waals surface area contributed by atoms with Gasteiger partial charge in [0.25, 0.3) is 5.56 Å². The van der Waals surface area contributed by atoms with Gasteiger partial charge in [-0.15, -0.1) is 0 Å². The fourth-order valence-corrected chi connectivity index (χ4v) is 5.57. The molecule has 45 heavy (non-hydrogen) atoms. The van der Waals surface area contributed by atoms with Crippen molar-refractivity contribution in [3.05, 3.63) is 93.8 Å².